The molecule has 2 amide bonds. The molecule has 6 nitrogen and oxygen atoms in total. The first-order valence-corrected chi connectivity index (χ1v) is 8.72. The second-order valence-electron chi connectivity index (χ2n) is 5.46. The van der Waals surface area contributed by atoms with E-state index in [2.05, 4.69) is 10.6 Å². The SMILES string of the molecule is CCOc1cc(NC(=O)C2CC2)c(OCC)cc1NC(=O)CCCl. The normalized spacial score (nSPS) is 13.3. The van der Waals surface area contributed by atoms with Gasteiger partial charge in [0.25, 0.3) is 0 Å². The first-order chi connectivity index (χ1) is 11.6. The van der Waals surface area contributed by atoms with Crippen molar-refractivity contribution in [3.05, 3.63) is 12.1 Å². The lowest BCUT2D eigenvalue weighted by molar-refractivity contribution is -0.117. The summed E-state index contributed by atoms with van der Waals surface area (Å²) >= 11 is 5.60. The van der Waals surface area contributed by atoms with E-state index in [4.69, 9.17) is 21.1 Å². The molecular formula is C17H23ClN2O4. The largest absolute Gasteiger partial charge is 0.492 e. The molecule has 2 rings (SSSR count). The van der Waals surface area contributed by atoms with E-state index < -0.39 is 0 Å². The molecule has 7 heteroatoms. The Kier molecular flexibility index (Phi) is 6.73. The number of hydrogen-bond acceptors (Lipinski definition) is 4. The van der Waals surface area contributed by atoms with Crippen molar-refractivity contribution in [1.29, 1.82) is 0 Å². The maximum atomic E-state index is 12.1. The molecule has 132 valence electrons. The Balaban J connectivity index is 2.29. The monoisotopic (exact) mass is 354 g/mol. The highest BCUT2D eigenvalue weighted by molar-refractivity contribution is 6.19. The van der Waals surface area contributed by atoms with Gasteiger partial charge in [-0.1, -0.05) is 0 Å². The van der Waals surface area contributed by atoms with E-state index in [1.807, 2.05) is 13.8 Å². The summed E-state index contributed by atoms with van der Waals surface area (Å²) < 4.78 is 11.2. The molecule has 0 spiro atoms. The Labute approximate surface area is 146 Å². The van der Waals surface area contributed by atoms with Crippen molar-refractivity contribution in [2.24, 2.45) is 5.92 Å². The van der Waals surface area contributed by atoms with Gasteiger partial charge < -0.3 is 20.1 Å². The van der Waals surface area contributed by atoms with Crippen molar-refractivity contribution in [2.75, 3.05) is 29.7 Å². The smallest absolute Gasteiger partial charge is 0.227 e. The fourth-order valence-electron chi connectivity index (χ4n) is 2.18. The molecule has 0 heterocycles. The van der Waals surface area contributed by atoms with E-state index in [1.165, 1.54) is 0 Å². The minimum absolute atomic E-state index is 0.0164. The molecule has 0 radical (unpaired) electrons. The number of alkyl halides is 1. The molecule has 1 fully saturated rings. The second-order valence-corrected chi connectivity index (χ2v) is 5.84. The van der Waals surface area contributed by atoms with Crippen LogP contribution in [-0.2, 0) is 9.59 Å². The highest BCUT2D eigenvalue weighted by Crippen LogP contribution is 2.38. The van der Waals surface area contributed by atoms with Crippen LogP contribution in [-0.4, -0.2) is 30.9 Å². The van der Waals surface area contributed by atoms with Crippen LogP contribution in [0, 0.1) is 5.92 Å². The molecule has 2 N–H and O–H groups in total. The average molecular weight is 355 g/mol. The molecule has 1 aliphatic rings. The standard InChI is InChI=1S/C17H23ClN2O4/c1-3-23-14-10-13(20-17(22)11-5-6-11)15(24-4-2)9-12(14)19-16(21)7-8-18/h9-11H,3-8H2,1-2H3,(H,19,21)(H,20,22). The Bertz CT molecular complexity index is 602. The lowest BCUT2D eigenvalue weighted by atomic mass is 10.2. The highest BCUT2D eigenvalue weighted by Gasteiger charge is 2.30. The quantitative estimate of drug-likeness (QED) is 0.666. The summed E-state index contributed by atoms with van der Waals surface area (Å²) in [7, 11) is 0. The third-order valence-electron chi connectivity index (χ3n) is 3.48. The minimum Gasteiger partial charge on any atom is -0.492 e. The third-order valence-corrected chi connectivity index (χ3v) is 3.67. The predicted octanol–water partition coefficient (Wildman–Crippen LogP) is 3.40. The number of halogens is 1. The van der Waals surface area contributed by atoms with Gasteiger partial charge in [-0.25, -0.2) is 0 Å². The van der Waals surface area contributed by atoms with Crippen LogP contribution in [0.4, 0.5) is 11.4 Å². The van der Waals surface area contributed by atoms with Gasteiger partial charge in [0.05, 0.1) is 24.6 Å². The van der Waals surface area contributed by atoms with Crippen LogP contribution in [0.2, 0.25) is 0 Å². The van der Waals surface area contributed by atoms with Crippen LogP contribution in [0.1, 0.15) is 33.1 Å². The van der Waals surface area contributed by atoms with Crippen molar-refractivity contribution in [3.8, 4) is 11.5 Å². The summed E-state index contributed by atoms with van der Waals surface area (Å²) in [5.74, 6) is 1.08. The molecule has 0 bridgehead atoms. The summed E-state index contributed by atoms with van der Waals surface area (Å²) in [5.41, 5.74) is 1.05. The molecule has 0 saturated heterocycles. The van der Waals surface area contributed by atoms with Gasteiger partial charge in [-0.3, -0.25) is 9.59 Å². The van der Waals surface area contributed by atoms with E-state index in [1.54, 1.807) is 12.1 Å². The molecule has 0 aliphatic heterocycles. The van der Waals surface area contributed by atoms with E-state index >= 15 is 0 Å². The van der Waals surface area contributed by atoms with Crippen LogP contribution in [0.3, 0.4) is 0 Å². The molecule has 1 saturated carbocycles. The van der Waals surface area contributed by atoms with Gasteiger partial charge in [0.1, 0.15) is 11.5 Å². The number of anilines is 2. The average Bonchev–Trinajstić information content (AvgIpc) is 3.36. The summed E-state index contributed by atoms with van der Waals surface area (Å²) in [5, 5.41) is 5.65. The molecule has 0 unspecified atom stereocenters. The lowest BCUT2D eigenvalue weighted by Crippen LogP contribution is -2.16. The minimum atomic E-state index is -0.205. The van der Waals surface area contributed by atoms with Crippen molar-refractivity contribution >= 4 is 34.8 Å². The molecular weight excluding hydrogens is 332 g/mol. The van der Waals surface area contributed by atoms with Crippen LogP contribution in [0.5, 0.6) is 11.5 Å². The number of nitrogens with one attached hydrogen (secondary N) is 2. The number of benzene rings is 1. The van der Waals surface area contributed by atoms with Gasteiger partial charge in [-0.15, -0.1) is 11.6 Å². The van der Waals surface area contributed by atoms with Crippen molar-refractivity contribution < 1.29 is 19.1 Å². The van der Waals surface area contributed by atoms with E-state index in [0.29, 0.717) is 36.1 Å². The third kappa shape index (κ3) is 5.03. The topological polar surface area (TPSA) is 76.7 Å². The number of ether oxygens (including phenoxy) is 2. The van der Waals surface area contributed by atoms with Crippen molar-refractivity contribution in [2.45, 2.75) is 33.1 Å². The van der Waals surface area contributed by atoms with Crippen LogP contribution >= 0.6 is 11.6 Å². The molecule has 1 aromatic rings. The molecule has 0 atom stereocenters. The van der Waals surface area contributed by atoms with E-state index in [0.717, 1.165) is 12.8 Å². The summed E-state index contributed by atoms with van der Waals surface area (Å²) in [6.07, 6.45) is 2.04. The van der Waals surface area contributed by atoms with Crippen LogP contribution < -0.4 is 20.1 Å². The number of carbonyl (C=O) groups excluding carboxylic acids is 2. The Morgan fingerprint density at radius 1 is 1.08 bits per heavy atom. The fourth-order valence-corrected chi connectivity index (χ4v) is 2.36. The van der Waals surface area contributed by atoms with Gasteiger partial charge in [-0.05, 0) is 26.7 Å². The molecule has 0 aromatic heterocycles. The highest BCUT2D eigenvalue weighted by atomic mass is 35.5. The number of rotatable bonds is 9. The predicted molar refractivity (Wildman–Crippen MR) is 94.1 cm³/mol. The molecule has 24 heavy (non-hydrogen) atoms. The Morgan fingerprint density at radius 2 is 1.62 bits per heavy atom. The van der Waals surface area contributed by atoms with E-state index in [-0.39, 0.29) is 30.0 Å². The zero-order valence-corrected chi connectivity index (χ0v) is 14.7. The molecule has 1 aliphatic carbocycles. The fraction of sp³-hybridized carbons (Fsp3) is 0.529. The Morgan fingerprint density at radius 3 is 2.08 bits per heavy atom. The Hall–Kier alpha value is -1.95. The summed E-state index contributed by atoms with van der Waals surface area (Å²) in [6, 6.07) is 3.36. The molecule has 1 aromatic carbocycles. The van der Waals surface area contributed by atoms with E-state index in [9.17, 15) is 9.59 Å². The van der Waals surface area contributed by atoms with Gasteiger partial charge >= 0.3 is 0 Å². The summed E-state index contributed by atoms with van der Waals surface area (Å²) in [6.45, 7) is 4.58. The van der Waals surface area contributed by atoms with Gasteiger partial charge in [0.15, 0.2) is 0 Å². The zero-order valence-electron chi connectivity index (χ0n) is 14.0. The second kappa shape index (κ2) is 8.78. The maximum absolute atomic E-state index is 12.1. The van der Waals surface area contributed by atoms with Gasteiger partial charge in [-0.2, -0.15) is 0 Å². The number of amides is 2. The van der Waals surface area contributed by atoms with Gasteiger partial charge in [0.2, 0.25) is 11.8 Å². The zero-order chi connectivity index (χ0) is 17.5. The first-order valence-electron chi connectivity index (χ1n) is 8.19. The van der Waals surface area contributed by atoms with Gasteiger partial charge in [0, 0.05) is 30.4 Å². The maximum Gasteiger partial charge on any atom is 0.227 e. The van der Waals surface area contributed by atoms with Crippen molar-refractivity contribution in [3.63, 3.8) is 0 Å². The number of hydrogen-bond donors (Lipinski definition) is 2. The first kappa shape index (κ1) is 18.4. The van der Waals surface area contributed by atoms with Crippen molar-refractivity contribution in [1.82, 2.24) is 0 Å². The summed E-state index contributed by atoms with van der Waals surface area (Å²) in [4.78, 5) is 23.9. The van der Waals surface area contributed by atoms with Crippen LogP contribution in [0.25, 0.3) is 0 Å². The number of carbonyl (C=O) groups is 2. The lowest BCUT2D eigenvalue weighted by Gasteiger charge is -2.17. The van der Waals surface area contributed by atoms with Crippen LogP contribution in [0.15, 0.2) is 12.1 Å².